The van der Waals surface area contributed by atoms with E-state index in [1.54, 1.807) is 12.3 Å². The third-order valence-electron chi connectivity index (χ3n) is 2.75. The molecule has 0 radical (unpaired) electrons. The van der Waals surface area contributed by atoms with Crippen LogP contribution in [0, 0.1) is 0 Å². The van der Waals surface area contributed by atoms with Crippen molar-refractivity contribution in [3.05, 3.63) is 53.7 Å². The fraction of sp³-hybridized carbons (Fsp3) is 0.188. The van der Waals surface area contributed by atoms with Gasteiger partial charge in [-0.05, 0) is 29.3 Å². The summed E-state index contributed by atoms with van der Waals surface area (Å²) in [7, 11) is 1.89. The van der Waals surface area contributed by atoms with E-state index in [9.17, 15) is 4.39 Å². The van der Waals surface area contributed by atoms with Gasteiger partial charge in [0, 0.05) is 25.0 Å². The Morgan fingerprint density at radius 2 is 1.80 bits per heavy atom. The summed E-state index contributed by atoms with van der Waals surface area (Å²) < 4.78 is 17.0. The lowest BCUT2D eigenvalue weighted by atomic mass is 10.1. The van der Waals surface area contributed by atoms with Gasteiger partial charge in [-0.25, -0.2) is 9.37 Å². The van der Waals surface area contributed by atoms with E-state index in [4.69, 9.17) is 4.74 Å². The molecule has 0 atom stereocenters. The third kappa shape index (κ3) is 4.09. The fourth-order valence-electron chi connectivity index (χ4n) is 1.67. The van der Waals surface area contributed by atoms with Gasteiger partial charge in [-0.2, -0.15) is 0 Å². The first-order valence-corrected chi connectivity index (χ1v) is 6.42. The highest BCUT2D eigenvalue weighted by atomic mass is 18.2. The maximum atomic E-state index is 12.0. The quantitative estimate of drug-likeness (QED) is 0.871. The maximum Gasteiger partial charge on any atom is 0.213 e. The molecule has 0 unspecified atom stereocenters. The highest BCUT2D eigenvalue weighted by Gasteiger charge is 1.95. The predicted octanol–water partition coefficient (Wildman–Crippen LogP) is 3.64. The van der Waals surface area contributed by atoms with Gasteiger partial charge in [0.2, 0.25) is 5.88 Å². The van der Waals surface area contributed by atoms with Crippen molar-refractivity contribution in [2.45, 2.75) is 0 Å². The summed E-state index contributed by atoms with van der Waals surface area (Å²) in [5, 5.41) is 3.08. The minimum Gasteiger partial charge on any atom is -0.475 e. The van der Waals surface area contributed by atoms with Crippen LogP contribution in [0.3, 0.4) is 0 Å². The summed E-state index contributed by atoms with van der Waals surface area (Å²) in [6, 6.07) is 11.7. The van der Waals surface area contributed by atoms with Crippen LogP contribution in [-0.4, -0.2) is 25.3 Å². The molecule has 3 nitrogen and oxygen atoms in total. The van der Waals surface area contributed by atoms with Gasteiger partial charge in [0.15, 0.2) is 0 Å². The van der Waals surface area contributed by atoms with Crippen molar-refractivity contribution >= 4 is 17.8 Å². The molecular formula is C16H17FN2O. The topological polar surface area (TPSA) is 34.1 Å². The summed E-state index contributed by atoms with van der Waals surface area (Å²) in [6.07, 6.45) is 5.69. The first-order valence-electron chi connectivity index (χ1n) is 6.42. The van der Waals surface area contributed by atoms with E-state index in [1.807, 2.05) is 49.5 Å². The van der Waals surface area contributed by atoms with Crippen molar-refractivity contribution in [2.75, 3.05) is 25.6 Å². The molecule has 1 N–H and O–H groups in total. The summed E-state index contributed by atoms with van der Waals surface area (Å²) in [5.41, 5.74) is 3.16. The Morgan fingerprint density at radius 3 is 2.40 bits per heavy atom. The number of halogens is 1. The maximum absolute atomic E-state index is 12.0. The summed E-state index contributed by atoms with van der Waals surface area (Å²) in [5.74, 6) is 0.443. The van der Waals surface area contributed by atoms with Crippen LogP contribution in [-0.2, 0) is 0 Å². The number of nitrogens with one attached hydrogen (secondary N) is 1. The molecule has 0 fully saturated rings. The molecule has 2 rings (SSSR count). The van der Waals surface area contributed by atoms with E-state index < -0.39 is 6.67 Å². The van der Waals surface area contributed by atoms with Gasteiger partial charge in [0.25, 0.3) is 0 Å². The van der Waals surface area contributed by atoms with Gasteiger partial charge >= 0.3 is 0 Å². The lowest BCUT2D eigenvalue weighted by Crippen LogP contribution is -1.99. The molecule has 20 heavy (non-hydrogen) atoms. The van der Waals surface area contributed by atoms with Gasteiger partial charge in [-0.3, -0.25) is 0 Å². The Kier molecular flexibility index (Phi) is 5.12. The first-order chi connectivity index (χ1) is 9.81. The zero-order chi connectivity index (χ0) is 14.2. The van der Waals surface area contributed by atoms with Crippen LogP contribution in [0.2, 0.25) is 0 Å². The van der Waals surface area contributed by atoms with Crippen molar-refractivity contribution < 1.29 is 9.13 Å². The van der Waals surface area contributed by atoms with Crippen molar-refractivity contribution in [2.24, 2.45) is 0 Å². The molecular weight excluding hydrogens is 254 g/mol. The lowest BCUT2D eigenvalue weighted by Gasteiger charge is -2.02. The van der Waals surface area contributed by atoms with Gasteiger partial charge in [-0.1, -0.05) is 24.3 Å². The minimum absolute atomic E-state index is 0.0417. The normalized spacial score (nSPS) is 10.7. The molecule has 2 aromatic rings. The third-order valence-corrected chi connectivity index (χ3v) is 2.75. The van der Waals surface area contributed by atoms with Crippen molar-refractivity contribution in [3.63, 3.8) is 0 Å². The molecule has 1 aromatic carbocycles. The number of anilines is 1. The van der Waals surface area contributed by atoms with Gasteiger partial charge in [0.05, 0.1) is 0 Å². The molecule has 1 heterocycles. The molecule has 0 aliphatic rings. The summed E-state index contributed by atoms with van der Waals surface area (Å²) >= 11 is 0. The van der Waals surface area contributed by atoms with E-state index in [1.165, 1.54) is 0 Å². The van der Waals surface area contributed by atoms with E-state index in [0.717, 1.165) is 16.8 Å². The molecule has 0 bridgehead atoms. The highest BCUT2D eigenvalue weighted by molar-refractivity contribution is 5.70. The summed E-state index contributed by atoms with van der Waals surface area (Å²) in [4.78, 5) is 4.11. The van der Waals surface area contributed by atoms with Crippen molar-refractivity contribution in [1.29, 1.82) is 0 Å². The molecule has 0 amide bonds. The van der Waals surface area contributed by atoms with Gasteiger partial charge < -0.3 is 10.1 Å². The summed E-state index contributed by atoms with van der Waals surface area (Å²) in [6.45, 7) is -0.466. The SMILES string of the molecule is CNc1ccc(/C=C/c2ccc(OCC[18F])nc2)cc1. The second-order valence-corrected chi connectivity index (χ2v) is 4.17. The minimum atomic E-state index is -0.508. The molecule has 0 saturated carbocycles. The van der Waals surface area contributed by atoms with Crippen LogP contribution >= 0.6 is 0 Å². The number of aromatic nitrogens is 1. The van der Waals surface area contributed by atoms with Crippen molar-refractivity contribution in [1.82, 2.24) is 4.98 Å². The number of rotatable bonds is 6. The number of alkyl halides is 1. The number of hydrogen-bond acceptors (Lipinski definition) is 3. The Hall–Kier alpha value is -2.36. The van der Waals surface area contributed by atoms with Crippen LogP contribution in [0.1, 0.15) is 11.1 Å². The van der Waals surface area contributed by atoms with Crippen LogP contribution < -0.4 is 10.1 Å². The van der Waals surface area contributed by atoms with E-state index in [-0.39, 0.29) is 6.61 Å². The smallest absolute Gasteiger partial charge is 0.213 e. The zero-order valence-electron chi connectivity index (χ0n) is 11.3. The monoisotopic (exact) mass is 271 g/mol. The second-order valence-electron chi connectivity index (χ2n) is 4.17. The number of nitrogens with zero attached hydrogens (tertiary/aromatic N) is 1. The average molecular weight is 271 g/mol. The first kappa shape index (κ1) is 14.1. The average Bonchev–Trinajstić information content (AvgIpc) is 2.52. The molecule has 0 aliphatic carbocycles. The molecule has 104 valence electrons. The van der Waals surface area contributed by atoms with Crippen LogP contribution in [0.4, 0.5) is 10.1 Å². The number of benzene rings is 1. The molecule has 1 aromatic heterocycles. The second kappa shape index (κ2) is 7.28. The number of ether oxygens (including phenoxy) is 1. The molecule has 0 aliphatic heterocycles. The predicted molar refractivity (Wildman–Crippen MR) is 80.6 cm³/mol. The Balaban J connectivity index is 1.99. The fourth-order valence-corrected chi connectivity index (χ4v) is 1.67. The molecule has 4 heteroatoms. The Morgan fingerprint density at radius 1 is 1.10 bits per heavy atom. The number of hydrogen-bond donors (Lipinski definition) is 1. The standard InChI is InChI=1S/C16H17FN2O/c1-18-15-7-4-13(5-8-15)2-3-14-6-9-16(19-12-14)20-11-10-17/h2-9,12,18H,10-11H2,1H3/b3-2+/i17-1. The molecule has 0 spiro atoms. The van der Waals surface area contributed by atoms with E-state index in [0.29, 0.717) is 5.88 Å². The Labute approximate surface area is 118 Å². The molecule has 0 saturated heterocycles. The zero-order valence-corrected chi connectivity index (χ0v) is 11.3. The van der Waals surface area contributed by atoms with Crippen LogP contribution in [0.5, 0.6) is 5.88 Å². The van der Waals surface area contributed by atoms with Gasteiger partial charge in [-0.15, -0.1) is 0 Å². The lowest BCUT2D eigenvalue weighted by molar-refractivity contribution is 0.264. The van der Waals surface area contributed by atoms with Crippen LogP contribution in [0.15, 0.2) is 42.6 Å². The van der Waals surface area contributed by atoms with Crippen molar-refractivity contribution in [3.8, 4) is 5.88 Å². The largest absolute Gasteiger partial charge is 0.475 e. The van der Waals surface area contributed by atoms with E-state index >= 15 is 0 Å². The highest BCUT2D eigenvalue weighted by Crippen LogP contribution is 2.13. The Bertz CT molecular complexity index is 550. The number of pyridine rings is 1. The van der Waals surface area contributed by atoms with Gasteiger partial charge in [0.1, 0.15) is 13.3 Å². The van der Waals surface area contributed by atoms with Crippen LogP contribution in [0.25, 0.3) is 12.2 Å². The van der Waals surface area contributed by atoms with E-state index in [2.05, 4.69) is 10.3 Å².